The standard InChI is InChI=1S/C16H18N4O3/c1-18(2)16(23)14-10-19(9-12-6-7-17-20(12)14)15(22)11-4-3-5-13(21)8-11/h3-8,14,21H,9-10H2,1-2H3/t14-/m0/s1. The Balaban J connectivity index is 1.91. The van der Waals surface area contributed by atoms with E-state index < -0.39 is 6.04 Å². The van der Waals surface area contributed by atoms with Gasteiger partial charge in [-0.25, -0.2) is 0 Å². The average molecular weight is 314 g/mol. The molecule has 0 bridgehead atoms. The smallest absolute Gasteiger partial charge is 0.254 e. The van der Waals surface area contributed by atoms with E-state index in [2.05, 4.69) is 5.10 Å². The molecule has 0 saturated carbocycles. The first-order valence-electron chi connectivity index (χ1n) is 7.29. The molecule has 2 aromatic rings. The Hall–Kier alpha value is -2.83. The Morgan fingerprint density at radius 3 is 2.78 bits per heavy atom. The van der Waals surface area contributed by atoms with Gasteiger partial charge in [-0.05, 0) is 24.3 Å². The first-order chi connectivity index (χ1) is 11.0. The van der Waals surface area contributed by atoms with E-state index in [0.29, 0.717) is 12.1 Å². The van der Waals surface area contributed by atoms with Crippen LogP contribution < -0.4 is 0 Å². The zero-order chi connectivity index (χ0) is 16.6. The zero-order valence-corrected chi connectivity index (χ0v) is 13.0. The molecular formula is C16H18N4O3. The zero-order valence-electron chi connectivity index (χ0n) is 13.0. The van der Waals surface area contributed by atoms with Gasteiger partial charge in [0, 0.05) is 25.9 Å². The number of amides is 2. The van der Waals surface area contributed by atoms with Gasteiger partial charge in [-0.2, -0.15) is 5.10 Å². The van der Waals surface area contributed by atoms with E-state index in [4.69, 9.17) is 0 Å². The van der Waals surface area contributed by atoms with Gasteiger partial charge in [-0.15, -0.1) is 0 Å². The Labute approximate surface area is 133 Å². The number of likely N-dealkylation sites (N-methyl/N-ethyl adjacent to an activating group) is 1. The van der Waals surface area contributed by atoms with Crippen molar-refractivity contribution in [3.63, 3.8) is 0 Å². The summed E-state index contributed by atoms with van der Waals surface area (Å²) < 4.78 is 1.68. The summed E-state index contributed by atoms with van der Waals surface area (Å²) in [5.74, 6) is -0.285. The summed E-state index contributed by atoms with van der Waals surface area (Å²) in [5, 5.41) is 13.8. The topological polar surface area (TPSA) is 78.7 Å². The van der Waals surface area contributed by atoms with E-state index in [1.165, 1.54) is 17.0 Å². The van der Waals surface area contributed by atoms with Crippen molar-refractivity contribution in [3.8, 4) is 5.75 Å². The number of nitrogens with zero attached hydrogens (tertiary/aromatic N) is 4. The Morgan fingerprint density at radius 2 is 2.09 bits per heavy atom. The maximum atomic E-state index is 12.7. The van der Waals surface area contributed by atoms with Gasteiger partial charge in [0.25, 0.3) is 5.91 Å². The van der Waals surface area contributed by atoms with Crippen molar-refractivity contribution >= 4 is 11.8 Å². The minimum Gasteiger partial charge on any atom is -0.508 e. The summed E-state index contributed by atoms with van der Waals surface area (Å²) in [7, 11) is 3.36. The Bertz CT molecular complexity index is 753. The molecule has 2 heterocycles. The van der Waals surface area contributed by atoms with Gasteiger partial charge >= 0.3 is 0 Å². The van der Waals surface area contributed by atoms with Crippen LogP contribution in [0.1, 0.15) is 22.1 Å². The number of benzene rings is 1. The monoisotopic (exact) mass is 314 g/mol. The van der Waals surface area contributed by atoms with Crippen LogP contribution in [0.3, 0.4) is 0 Å². The van der Waals surface area contributed by atoms with E-state index in [-0.39, 0.29) is 24.1 Å². The number of carbonyl (C=O) groups excluding carboxylic acids is 2. The summed E-state index contributed by atoms with van der Waals surface area (Å²) in [4.78, 5) is 28.2. The molecule has 1 aliphatic heterocycles. The number of carbonyl (C=O) groups is 2. The number of fused-ring (bicyclic) bond motifs is 1. The molecule has 0 unspecified atom stereocenters. The number of phenols is 1. The molecular weight excluding hydrogens is 296 g/mol. The second-order valence-corrected chi connectivity index (χ2v) is 5.75. The van der Waals surface area contributed by atoms with Crippen molar-refractivity contribution in [2.24, 2.45) is 0 Å². The van der Waals surface area contributed by atoms with Crippen LogP contribution >= 0.6 is 0 Å². The molecule has 120 valence electrons. The van der Waals surface area contributed by atoms with Gasteiger partial charge in [0.1, 0.15) is 11.8 Å². The van der Waals surface area contributed by atoms with Crippen molar-refractivity contribution in [1.82, 2.24) is 19.6 Å². The third-order valence-electron chi connectivity index (χ3n) is 3.90. The summed E-state index contributed by atoms with van der Waals surface area (Å²) in [6, 6.07) is 7.48. The van der Waals surface area contributed by atoms with Gasteiger partial charge < -0.3 is 14.9 Å². The van der Waals surface area contributed by atoms with Crippen LogP contribution in [-0.2, 0) is 11.3 Å². The minimum absolute atomic E-state index is 0.0406. The van der Waals surface area contributed by atoms with Crippen molar-refractivity contribution in [2.45, 2.75) is 12.6 Å². The maximum Gasteiger partial charge on any atom is 0.254 e. The lowest BCUT2D eigenvalue weighted by molar-refractivity contribution is -0.133. The molecule has 2 amide bonds. The Morgan fingerprint density at radius 1 is 1.30 bits per heavy atom. The Kier molecular flexibility index (Phi) is 3.77. The highest BCUT2D eigenvalue weighted by atomic mass is 16.3. The van der Waals surface area contributed by atoms with Crippen molar-refractivity contribution < 1.29 is 14.7 Å². The third-order valence-corrected chi connectivity index (χ3v) is 3.90. The highest BCUT2D eigenvalue weighted by molar-refractivity contribution is 5.95. The molecule has 0 fully saturated rings. The number of phenolic OH excluding ortho intramolecular Hbond substituents is 1. The number of hydrogen-bond acceptors (Lipinski definition) is 4. The molecule has 1 aliphatic rings. The first-order valence-corrected chi connectivity index (χ1v) is 7.29. The van der Waals surface area contributed by atoms with Crippen LogP contribution in [0.2, 0.25) is 0 Å². The van der Waals surface area contributed by atoms with E-state index >= 15 is 0 Å². The fraction of sp³-hybridized carbons (Fsp3) is 0.312. The van der Waals surface area contributed by atoms with Crippen LogP contribution in [0.4, 0.5) is 0 Å². The summed E-state index contributed by atoms with van der Waals surface area (Å²) in [6.07, 6.45) is 1.63. The quantitative estimate of drug-likeness (QED) is 0.892. The fourth-order valence-electron chi connectivity index (χ4n) is 2.75. The molecule has 3 rings (SSSR count). The van der Waals surface area contributed by atoms with Gasteiger partial charge in [0.15, 0.2) is 0 Å². The van der Waals surface area contributed by atoms with Crippen LogP contribution in [0.5, 0.6) is 5.75 Å². The molecule has 0 spiro atoms. The number of aromatic nitrogens is 2. The molecule has 7 nitrogen and oxygen atoms in total. The molecule has 7 heteroatoms. The third kappa shape index (κ3) is 2.77. The van der Waals surface area contributed by atoms with Gasteiger partial charge in [0.05, 0.1) is 18.8 Å². The highest BCUT2D eigenvalue weighted by Crippen LogP contribution is 2.24. The SMILES string of the molecule is CN(C)C(=O)[C@@H]1CN(C(=O)c2cccc(O)c2)Cc2ccnn21. The number of hydrogen-bond donors (Lipinski definition) is 1. The van der Waals surface area contributed by atoms with Crippen LogP contribution in [-0.4, -0.2) is 57.1 Å². The fourth-order valence-corrected chi connectivity index (χ4v) is 2.75. The van der Waals surface area contributed by atoms with Crippen LogP contribution in [0, 0.1) is 0 Å². The average Bonchev–Trinajstić information content (AvgIpc) is 3.00. The molecule has 1 N–H and O–H groups in total. The molecule has 23 heavy (non-hydrogen) atoms. The van der Waals surface area contributed by atoms with Crippen LogP contribution in [0.25, 0.3) is 0 Å². The van der Waals surface area contributed by atoms with E-state index in [1.807, 2.05) is 0 Å². The number of aromatic hydroxyl groups is 1. The van der Waals surface area contributed by atoms with Gasteiger partial charge in [0.2, 0.25) is 5.91 Å². The van der Waals surface area contributed by atoms with Gasteiger partial charge in [-0.1, -0.05) is 6.07 Å². The molecule has 1 atom stereocenters. The summed E-state index contributed by atoms with van der Waals surface area (Å²) in [5.41, 5.74) is 1.21. The van der Waals surface area contributed by atoms with E-state index in [9.17, 15) is 14.7 Å². The van der Waals surface area contributed by atoms with E-state index in [1.54, 1.807) is 48.1 Å². The number of rotatable bonds is 2. The largest absolute Gasteiger partial charge is 0.508 e. The van der Waals surface area contributed by atoms with E-state index in [0.717, 1.165) is 5.69 Å². The molecule has 0 saturated heterocycles. The normalized spacial score (nSPS) is 16.8. The molecule has 1 aromatic heterocycles. The lowest BCUT2D eigenvalue weighted by atomic mass is 10.1. The lowest BCUT2D eigenvalue weighted by Gasteiger charge is -2.34. The first kappa shape index (κ1) is 15.1. The molecule has 1 aromatic carbocycles. The van der Waals surface area contributed by atoms with Crippen molar-refractivity contribution in [1.29, 1.82) is 0 Å². The molecule has 0 aliphatic carbocycles. The highest BCUT2D eigenvalue weighted by Gasteiger charge is 2.34. The van der Waals surface area contributed by atoms with Crippen molar-refractivity contribution in [3.05, 3.63) is 47.8 Å². The van der Waals surface area contributed by atoms with Gasteiger partial charge in [-0.3, -0.25) is 14.3 Å². The second kappa shape index (κ2) is 5.75. The lowest BCUT2D eigenvalue weighted by Crippen LogP contribution is -2.46. The molecule has 0 radical (unpaired) electrons. The minimum atomic E-state index is -0.537. The summed E-state index contributed by atoms with van der Waals surface area (Å²) >= 11 is 0. The predicted molar refractivity (Wildman–Crippen MR) is 82.8 cm³/mol. The van der Waals surface area contributed by atoms with Crippen LogP contribution in [0.15, 0.2) is 36.5 Å². The predicted octanol–water partition coefficient (Wildman–Crippen LogP) is 0.874. The maximum absolute atomic E-state index is 12.7. The van der Waals surface area contributed by atoms with Crippen molar-refractivity contribution in [2.75, 3.05) is 20.6 Å². The second-order valence-electron chi connectivity index (χ2n) is 5.75. The summed E-state index contributed by atoms with van der Waals surface area (Å²) in [6.45, 7) is 0.631.